The predicted molar refractivity (Wildman–Crippen MR) is 59.2 cm³/mol. The summed E-state index contributed by atoms with van der Waals surface area (Å²) in [5.41, 5.74) is 0. The average molecular weight is 233 g/mol. The second kappa shape index (κ2) is 4.47. The molecule has 1 fully saturated rings. The molecule has 2 rings (SSSR count). The van der Waals surface area contributed by atoms with E-state index in [4.69, 9.17) is 16.3 Å². The zero-order valence-corrected chi connectivity index (χ0v) is 9.57. The normalized spacial score (nSPS) is 26.7. The molecule has 0 radical (unpaired) electrons. The third kappa shape index (κ3) is 2.19. The number of aromatic nitrogens is 1. The van der Waals surface area contributed by atoms with Gasteiger partial charge in [-0.25, -0.2) is 4.98 Å². The van der Waals surface area contributed by atoms with Crippen molar-refractivity contribution in [1.29, 1.82) is 0 Å². The number of methoxy groups -OCH3 is 1. The molecule has 0 bridgehead atoms. The second-order valence-corrected chi connectivity index (χ2v) is 4.88. The first kappa shape index (κ1) is 10.2. The van der Waals surface area contributed by atoms with Crippen molar-refractivity contribution in [3.8, 4) is 0 Å². The fraction of sp³-hybridized carbons (Fsp3) is 0.667. The van der Waals surface area contributed by atoms with Gasteiger partial charge in [0.2, 0.25) is 0 Å². The van der Waals surface area contributed by atoms with Crippen molar-refractivity contribution in [1.82, 2.24) is 4.98 Å². The summed E-state index contributed by atoms with van der Waals surface area (Å²) in [6.45, 7) is 0. The van der Waals surface area contributed by atoms with E-state index in [-0.39, 0.29) is 0 Å². The van der Waals surface area contributed by atoms with Crippen molar-refractivity contribution in [2.45, 2.75) is 31.4 Å². The maximum atomic E-state index is 5.75. The molecule has 2 atom stereocenters. The maximum Gasteiger partial charge on any atom is 0.185 e. The molecule has 1 aromatic rings. The number of nitrogens with one attached hydrogen (secondary N) is 1. The molecule has 0 aliphatic heterocycles. The van der Waals surface area contributed by atoms with Crippen LogP contribution in [0.5, 0.6) is 0 Å². The van der Waals surface area contributed by atoms with E-state index in [1.165, 1.54) is 17.8 Å². The number of nitrogens with zero attached hydrogens (tertiary/aromatic N) is 1. The number of halogens is 1. The molecule has 0 amide bonds. The Labute approximate surface area is 92.4 Å². The minimum absolute atomic E-state index is 0.315. The summed E-state index contributed by atoms with van der Waals surface area (Å²) in [5, 5.41) is 5.29. The van der Waals surface area contributed by atoms with Crippen LogP contribution in [0.3, 0.4) is 0 Å². The summed E-state index contributed by atoms with van der Waals surface area (Å²) in [6.07, 6.45) is 3.81. The predicted octanol–water partition coefficient (Wildman–Crippen LogP) is 2.78. The van der Waals surface area contributed by atoms with Crippen molar-refractivity contribution in [3.63, 3.8) is 0 Å². The Bertz CT molecular complexity index is 305. The lowest BCUT2D eigenvalue weighted by Crippen LogP contribution is -2.29. The van der Waals surface area contributed by atoms with Gasteiger partial charge in [0.05, 0.1) is 12.1 Å². The molecule has 1 N–H and O–H groups in total. The Balaban J connectivity index is 1.96. The molecule has 3 nitrogen and oxygen atoms in total. The molecule has 0 unspecified atom stereocenters. The molecule has 1 aliphatic rings. The van der Waals surface area contributed by atoms with Gasteiger partial charge in [0, 0.05) is 12.5 Å². The van der Waals surface area contributed by atoms with Gasteiger partial charge in [0.1, 0.15) is 5.82 Å². The Hall–Kier alpha value is -0.320. The zero-order chi connectivity index (χ0) is 9.97. The highest BCUT2D eigenvalue weighted by Gasteiger charge is 2.27. The van der Waals surface area contributed by atoms with E-state index in [9.17, 15) is 0 Å². The van der Waals surface area contributed by atoms with Crippen LogP contribution in [0.2, 0.25) is 4.47 Å². The van der Waals surface area contributed by atoms with Crippen LogP contribution in [0.15, 0.2) is 5.38 Å². The number of thiazole rings is 1. The number of hydrogen-bond acceptors (Lipinski definition) is 4. The maximum absolute atomic E-state index is 5.75. The summed E-state index contributed by atoms with van der Waals surface area (Å²) in [7, 11) is 1.76. The van der Waals surface area contributed by atoms with Gasteiger partial charge >= 0.3 is 0 Å². The van der Waals surface area contributed by atoms with Crippen LogP contribution < -0.4 is 5.32 Å². The summed E-state index contributed by atoms with van der Waals surface area (Å²) in [5.74, 6) is 0.869. The van der Waals surface area contributed by atoms with Crippen molar-refractivity contribution in [3.05, 3.63) is 9.85 Å². The highest BCUT2D eigenvalue weighted by Crippen LogP contribution is 2.26. The molecule has 1 aromatic heterocycles. The third-order valence-corrected chi connectivity index (χ3v) is 3.54. The van der Waals surface area contributed by atoms with Gasteiger partial charge < -0.3 is 10.1 Å². The first-order chi connectivity index (χ1) is 6.79. The van der Waals surface area contributed by atoms with Gasteiger partial charge in [-0.05, 0) is 19.3 Å². The number of rotatable bonds is 3. The lowest BCUT2D eigenvalue weighted by atomic mass is 10.2. The third-order valence-electron chi connectivity index (χ3n) is 2.56. The fourth-order valence-corrected chi connectivity index (χ4v) is 2.59. The van der Waals surface area contributed by atoms with E-state index in [1.807, 2.05) is 5.38 Å². The van der Waals surface area contributed by atoms with Crippen LogP contribution >= 0.6 is 22.9 Å². The Kier molecular flexibility index (Phi) is 3.26. The Morgan fingerprint density at radius 1 is 1.64 bits per heavy atom. The molecule has 78 valence electrons. The molecular formula is C9H13ClN2OS. The highest BCUT2D eigenvalue weighted by molar-refractivity contribution is 7.14. The largest absolute Gasteiger partial charge is 0.379 e. The Morgan fingerprint density at radius 2 is 2.50 bits per heavy atom. The molecule has 1 heterocycles. The van der Waals surface area contributed by atoms with Crippen LogP contribution in [-0.4, -0.2) is 24.2 Å². The van der Waals surface area contributed by atoms with E-state index < -0.39 is 0 Å². The van der Waals surface area contributed by atoms with Crippen molar-refractivity contribution < 1.29 is 4.74 Å². The summed E-state index contributed by atoms with van der Waals surface area (Å²) < 4.78 is 5.97. The number of anilines is 1. The zero-order valence-electron chi connectivity index (χ0n) is 8.00. The van der Waals surface area contributed by atoms with Crippen molar-refractivity contribution in [2.24, 2.45) is 0 Å². The van der Waals surface area contributed by atoms with Crippen molar-refractivity contribution >= 4 is 28.8 Å². The fourth-order valence-electron chi connectivity index (χ4n) is 1.88. The van der Waals surface area contributed by atoms with Crippen LogP contribution in [-0.2, 0) is 4.74 Å². The van der Waals surface area contributed by atoms with Crippen LogP contribution in [0.1, 0.15) is 19.3 Å². The van der Waals surface area contributed by atoms with Crippen LogP contribution in [0, 0.1) is 0 Å². The van der Waals surface area contributed by atoms with Crippen LogP contribution in [0.25, 0.3) is 0 Å². The lowest BCUT2D eigenvalue weighted by molar-refractivity contribution is 0.101. The number of ether oxygens (including phenoxy) is 1. The summed E-state index contributed by atoms with van der Waals surface area (Å²) >= 11 is 7.20. The smallest absolute Gasteiger partial charge is 0.185 e. The van der Waals surface area contributed by atoms with E-state index in [1.54, 1.807) is 7.11 Å². The molecule has 0 spiro atoms. The van der Waals surface area contributed by atoms with E-state index in [0.29, 0.717) is 16.6 Å². The highest BCUT2D eigenvalue weighted by atomic mass is 35.5. The lowest BCUT2D eigenvalue weighted by Gasteiger charge is -2.18. The van der Waals surface area contributed by atoms with Gasteiger partial charge in [0.15, 0.2) is 4.47 Å². The minimum atomic E-state index is 0.315. The van der Waals surface area contributed by atoms with E-state index >= 15 is 0 Å². The monoisotopic (exact) mass is 232 g/mol. The minimum Gasteiger partial charge on any atom is -0.379 e. The molecule has 14 heavy (non-hydrogen) atoms. The van der Waals surface area contributed by atoms with Crippen LogP contribution in [0.4, 0.5) is 5.82 Å². The molecule has 5 heteroatoms. The van der Waals surface area contributed by atoms with Gasteiger partial charge in [-0.2, -0.15) is 0 Å². The average Bonchev–Trinajstić information content (AvgIpc) is 2.76. The van der Waals surface area contributed by atoms with E-state index in [0.717, 1.165) is 18.7 Å². The topological polar surface area (TPSA) is 34.1 Å². The standard InChI is InChI=1S/C9H13ClN2OS/c1-13-7-4-2-3-6(7)11-8-5-14-9(10)12-8/h5-7,11H,2-4H2,1H3/t6-,7-/m0/s1. The van der Waals surface area contributed by atoms with Gasteiger partial charge in [0.25, 0.3) is 0 Å². The molecular weight excluding hydrogens is 220 g/mol. The quantitative estimate of drug-likeness (QED) is 0.870. The second-order valence-electron chi connectivity index (χ2n) is 3.44. The first-order valence-electron chi connectivity index (χ1n) is 4.70. The van der Waals surface area contributed by atoms with Gasteiger partial charge in [-0.3, -0.25) is 0 Å². The van der Waals surface area contributed by atoms with E-state index in [2.05, 4.69) is 10.3 Å². The van der Waals surface area contributed by atoms with Gasteiger partial charge in [-0.1, -0.05) is 11.6 Å². The first-order valence-corrected chi connectivity index (χ1v) is 5.95. The SMILES string of the molecule is CO[C@H]1CCC[C@@H]1Nc1csc(Cl)n1. The summed E-state index contributed by atoms with van der Waals surface area (Å²) in [4.78, 5) is 4.16. The molecule has 0 aromatic carbocycles. The number of hydrogen-bond donors (Lipinski definition) is 1. The van der Waals surface area contributed by atoms with Gasteiger partial charge in [-0.15, -0.1) is 11.3 Å². The Morgan fingerprint density at radius 3 is 3.14 bits per heavy atom. The molecule has 1 saturated carbocycles. The molecule has 0 saturated heterocycles. The molecule has 1 aliphatic carbocycles. The van der Waals surface area contributed by atoms with Crippen molar-refractivity contribution in [2.75, 3.05) is 12.4 Å². The summed E-state index contributed by atoms with van der Waals surface area (Å²) in [6, 6.07) is 0.387.